The second-order valence-electron chi connectivity index (χ2n) is 4.79. The van der Waals surface area contributed by atoms with Crippen molar-refractivity contribution in [2.24, 2.45) is 0 Å². The van der Waals surface area contributed by atoms with E-state index in [-0.39, 0.29) is 11.0 Å². The summed E-state index contributed by atoms with van der Waals surface area (Å²) in [5, 5.41) is 0.770. The SMILES string of the molecule is COc1cc2c(=O)c3cccc(OC)c3oc2c(OC)c1OC. The number of fused-ring (bicyclic) bond motifs is 2. The van der Waals surface area contributed by atoms with E-state index in [9.17, 15) is 4.79 Å². The Kier molecular flexibility index (Phi) is 3.73. The van der Waals surface area contributed by atoms with E-state index in [0.29, 0.717) is 39.4 Å². The zero-order chi connectivity index (χ0) is 16.6. The molecule has 0 aliphatic carbocycles. The molecule has 6 nitrogen and oxygen atoms in total. The average Bonchev–Trinajstić information content (AvgIpc) is 2.59. The van der Waals surface area contributed by atoms with Gasteiger partial charge in [-0.05, 0) is 18.2 Å². The standard InChI is InChI=1S/C17H16O6/c1-19-11-7-5-6-9-13(18)10-8-12(20-2)16(21-3)17(22-4)15(10)23-14(9)11/h5-8H,1-4H3. The Morgan fingerprint density at radius 1 is 0.783 bits per heavy atom. The maximum atomic E-state index is 12.8. The van der Waals surface area contributed by atoms with Gasteiger partial charge in [-0.3, -0.25) is 4.79 Å². The first-order valence-electron chi connectivity index (χ1n) is 6.88. The summed E-state index contributed by atoms with van der Waals surface area (Å²) in [4.78, 5) is 12.8. The van der Waals surface area contributed by atoms with Crippen molar-refractivity contribution in [3.8, 4) is 23.0 Å². The molecular formula is C17H16O6. The van der Waals surface area contributed by atoms with Gasteiger partial charge in [0.15, 0.2) is 22.7 Å². The van der Waals surface area contributed by atoms with Crippen LogP contribution in [0.4, 0.5) is 0 Å². The van der Waals surface area contributed by atoms with Crippen molar-refractivity contribution in [1.29, 1.82) is 0 Å². The second kappa shape index (κ2) is 5.72. The highest BCUT2D eigenvalue weighted by Gasteiger charge is 2.22. The molecule has 120 valence electrons. The van der Waals surface area contributed by atoms with Gasteiger partial charge in [0.25, 0.3) is 0 Å². The Hall–Kier alpha value is -2.89. The summed E-state index contributed by atoms with van der Waals surface area (Å²) in [6.45, 7) is 0. The van der Waals surface area contributed by atoms with Gasteiger partial charge in [0.05, 0.1) is 39.2 Å². The highest BCUT2D eigenvalue weighted by atomic mass is 16.5. The van der Waals surface area contributed by atoms with Gasteiger partial charge in [0, 0.05) is 0 Å². The van der Waals surface area contributed by atoms with Crippen molar-refractivity contribution < 1.29 is 23.4 Å². The Morgan fingerprint density at radius 2 is 1.48 bits per heavy atom. The van der Waals surface area contributed by atoms with E-state index in [1.165, 1.54) is 28.4 Å². The summed E-state index contributed by atoms with van der Waals surface area (Å²) in [5.74, 6) is 1.52. The predicted octanol–water partition coefficient (Wildman–Crippen LogP) is 2.98. The van der Waals surface area contributed by atoms with Crippen LogP contribution in [0.1, 0.15) is 0 Å². The lowest BCUT2D eigenvalue weighted by atomic mass is 10.1. The van der Waals surface area contributed by atoms with Gasteiger partial charge in [-0.25, -0.2) is 0 Å². The van der Waals surface area contributed by atoms with Crippen LogP contribution in [0.3, 0.4) is 0 Å². The van der Waals surface area contributed by atoms with E-state index in [2.05, 4.69) is 0 Å². The molecule has 0 spiro atoms. The van der Waals surface area contributed by atoms with Crippen LogP contribution in [0.15, 0.2) is 33.5 Å². The molecule has 0 amide bonds. The summed E-state index contributed by atoms with van der Waals surface area (Å²) in [7, 11) is 5.98. The van der Waals surface area contributed by atoms with Crippen LogP contribution in [0, 0.1) is 0 Å². The number of rotatable bonds is 4. The van der Waals surface area contributed by atoms with E-state index >= 15 is 0 Å². The first kappa shape index (κ1) is 15.0. The van der Waals surface area contributed by atoms with Gasteiger partial charge in [0.2, 0.25) is 16.9 Å². The Balaban J connectivity index is 2.56. The summed E-state index contributed by atoms with van der Waals surface area (Å²) < 4.78 is 27.2. The highest BCUT2D eigenvalue weighted by Crippen LogP contribution is 2.43. The fourth-order valence-electron chi connectivity index (χ4n) is 2.61. The average molecular weight is 316 g/mol. The van der Waals surface area contributed by atoms with E-state index < -0.39 is 0 Å². The lowest BCUT2D eigenvalue weighted by Crippen LogP contribution is -2.05. The molecule has 3 aromatic rings. The maximum Gasteiger partial charge on any atom is 0.208 e. The van der Waals surface area contributed by atoms with Crippen LogP contribution >= 0.6 is 0 Å². The maximum absolute atomic E-state index is 12.8. The van der Waals surface area contributed by atoms with Crippen molar-refractivity contribution in [3.05, 3.63) is 34.5 Å². The minimum atomic E-state index is -0.195. The largest absolute Gasteiger partial charge is 0.493 e. The molecule has 0 aliphatic rings. The smallest absolute Gasteiger partial charge is 0.208 e. The molecule has 6 heteroatoms. The summed E-state index contributed by atoms with van der Waals surface area (Å²) in [5.41, 5.74) is 0.449. The number of hydrogen-bond donors (Lipinski definition) is 0. The fraction of sp³-hybridized carbons (Fsp3) is 0.235. The molecule has 0 fully saturated rings. The first-order chi connectivity index (χ1) is 11.2. The monoisotopic (exact) mass is 316 g/mol. The third kappa shape index (κ3) is 2.14. The molecule has 0 unspecified atom stereocenters. The van der Waals surface area contributed by atoms with Crippen molar-refractivity contribution in [2.45, 2.75) is 0 Å². The molecule has 2 aromatic carbocycles. The van der Waals surface area contributed by atoms with Crippen LogP contribution in [-0.4, -0.2) is 28.4 Å². The van der Waals surface area contributed by atoms with Gasteiger partial charge in [-0.15, -0.1) is 0 Å². The molecule has 0 radical (unpaired) electrons. The molecular weight excluding hydrogens is 300 g/mol. The molecule has 0 saturated heterocycles. The molecule has 0 atom stereocenters. The van der Waals surface area contributed by atoms with Crippen LogP contribution in [0.5, 0.6) is 23.0 Å². The lowest BCUT2D eigenvalue weighted by molar-refractivity contribution is 0.324. The van der Waals surface area contributed by atoms with Gasteiger partial charge < -0.3 is 23.4 Å². The molecule has 3 rings (SSSR count). The van der Waals surface area contributed by atoms with Crippen molar-refractivity contribution >= 4 is 21.9 Å². The Labute approximate surface area is 132 Å². The van der Waals surface area contributed by atoms with Crippen LogP contribution in [0.25, 0.3) is 21.9 Å². The van der Waals surface area contributed by atoms with Gasteiger partial charge in [0.1, 0.15) is 0 Å². The third-order valence-corrected chi connectivity index (χ3v) is 3.68. The molecule has 1 heterocycles. The molecule has 1 aromatic heterocycles. The minimum absolute atomic E-state index is 0.195. The quantitative estimate of drug-likeness (QED) is 0.689. The predicted molar refractivity (Wildman–Crippen MR) is 86.2 cm³/mol. The summed E-state index contributed by atoms with van der Waals surface area (Å²) in [6, 6.07) is 6.74. The number of methoxy groups -OCH3 is 4. The lowest BCUT2D eigenvalue weighted by Gasteiger charge is -2.14. The summed E-state index contributed by atoms with van der Waals surface area (Å²) >= 11 is 0. The van der Waals surface area contributed by atoms with Gasteiger partial charge in [-0.1, -0.05) is 6.07 Å². The van der Waals surface area contributed by atoms with Gasteiger partial charge >= 0.3 is 0 Å². The third-order valence-electron chi connectivity index (χ3n) is 3.68. The van der Waals surface area contributed by atoms with Gasteiger partial charge in [-0.2, -0.15) is 0 Å². The molecule has 23 heavy (non-hydrogen) atoms. The normalized spacial score (nSPS) is 10.8. The zero-order valence-corrected chi connectivity index (χ0v) is 13.3. The highest BCUT2D eigenvalue weighted by molar-refractivity contribution is 5.97. The second-order valence-corrected chi connectivity index (χ2v) is 4.79. The molecule has 0 aliphatic heterocycles. The number of benzene rings is 2. The van der Waals surface area contributed by atoms with E-state index in [1.54, 1.807) is 24.3 Å². The topological polar surface area (TPSA) is 67.1 Å². The van der Waals surface area contributed by atoms with Crippen LogP contribution in [-0.2, 0) is 0 Å². The van der Waals surface area contributed by atoms with Crippen LogP contribution < -0.4 is 24.4 Å². The number of ether oxygens (including phenoxy) is 4. The molecule has 0 N–H and O–H groups in total. The molecule has 0 saturated carbocycles. The fourth-order valence-corrected chi connectivity index (χ4v) is 2.61. The van der Waals surface area contributed by atoms with E-state index in [0.717, 1.165) is 0 Å². The minimum Gasteiger partial charge on any atom is -0.493 e. The van der Waals surface area contributed by atoms with E-state index in [4.69, 9.17) is 23.4 Å². The number of hydrogen-bond acceptors (Lipinski definition) is 6. The van der Waals surface area contributed by atoms with Crippen molar-refractivity contribution in [3.63, 3.8) is 0 Å². The molecule has 0 bridgehead atoms. The summed E-state index contributed by atoms with van der Waals surface area (Å²) in [6.07, 6.45) is 0. The van der Waals surface area contributed by atoms with Crippen LogP contribution in [0.2, 0.25) is 0 Å². The first-order valence-corrected chi connectivity index (χ1v) is 6.88. The Morgan fingerprint density at radius 3 is 2.09 bits per heavy atom. The van der Waals surface area contributed by atoms with Crippen molar-refractivity contribution in [1.82, 2.24) is 0 Å². The van der Waals surface area contributed by atoms with Crippen molar-refractivity contribution in [2.75, 3.05) is 28.4 Å². The zero-order valence-electron chi connectivity index (χ0n) is 13.3. The van der Waals surface area contributed by atoms with E-state index in [1.807, 2.05) is 0 Å². The number of para-hydroxylation sites is 1. The Bertz CT molecular complexity index is 941.